The van der Waals surface area contributed by atoms with Gasteiger partial charge in [0.05, 0.1) is 11.8 Å². The van der Waals surface area contributed by atoms with E-state index in [1.54, 1.807) is 0 Å². The van der Waals surface area contributed by atoms with Crippen molar-refractivity contribution in [3.8, 4) is 0 Å². The van der Waals surface area contributed by atoms with Crippen LogP contribution in [0, 0.1) is 0 Å². The van der Waals surface area contributed by atoms with Crippen molar-refractivity contribution in [1.82, 2.24) is 24.9 Å². The Hall–Kier alpha value is -2.12. The number of aromatic nitrogens is 2. The number of aliphatic hydroxyl groups excluding tert-OH is 1. The third kappa shape index (κ3) is 5.44. The SMILES string of the molecule is O=C(NCCc1cn2ccccc2n1)NC[C@H](O)CN1CCCCC1. The fourth-order valence-corrected chi connectivity index (χ4v) is 3.19. The van der Waals surface area contributed by atoms with Gasteiger partial charge in [-0.05, 0) is 38.1 Å². The molecule has 1 fully saturated rings. The van der Waals surface area contributed by atoms with Gasteiger partial charge in [0.15, 0.2) is 0 Å². The lowest BCUT2D eigenvalue weighted by Crippen LogP contribution is -2.45. The molecule has 136 valence electrons. The number of piperidine rings is 1. The van der Waals surface area contributed by atoms with E-state index in [4.69, 9.17) is 0 Å². The normalized spacial score (nSPS) is 16.7. The maximum atomic E-state index is 11.8. The zero-order valence-electron chi connectivity index (χ0n) is 14.5. The van der Waals surface area contributed by atoms with Gasteiger partial charge in [-0.1, -0.05) is 12.5 Å². The van der Waals surface area contributed by atoms with Crippen LogP contribution in [0.25, 0.3) is 5.65 Å². The summed E-state index contributed by atoms with van der Waals surface area (Å²) in [6, 6.07) is 5.61. The summed E-state index contributed by atoms with van der Waals surface area (Å²) in [5, 5.41) is 15.6. The molecular weight excluding hydrogens is 318 g/mol. The number of nitrogens with zero attached hydrogens (tertiary/aromatic N) is 3. The minimum atomic E-state index is -0.526. The molecule has 7 heteroatoms. The van der Waals surface area contributed by atoms with Crippen molar-refractivity contribution >= 4 is 11.7 Å². The van der Waals surface area contributed by atoms with Crippen molar-refractivity contribution in [2.45, 2.75) is 31.8 Å². The standard InChI is InChI=1S/C18H27N5O2/c24-16(14-22-9-3-1-4-10-22)12-20-18(25)19-8-7-15-13-23-11-5-2-6-17(23)21-15/h2,5-6,11,13,16,24H,1,3-4,7-10,12,14H2,(H2,19,20,25)/t16-/m0/s1. The number of imidazole rings is 1. The molecule has 0 spiro atoms. The van der Waals surface area contributed by atoms with Crippen LogP contribution in [-0.2, 0) is 6.42 Å². The van der Waals surface area contributed by atoms with E-state index in [0.29, 0.717) is 19.5 Å². The smallest absolute Gasteiger partial charge is 0.314 e. The molecule has 0 unspecified atom stereocenters. The predicted octanol–water partition coefficient (Wildman–Crippen LogP) is 1.02. The van der Waals surface area contributed by atoms with Gasteiger partial charge in [-0.25, -0.2) is 9.78 Å². The molecule has 1 saturated heterocycles. The van der Waals surface area contributed by atoms with Gasteiger partial charge in [0.2, 0.25) is 0 Å². The van der Waals surface area contributed by atoms with Crippen molar-refractivity contribution in [3.05, 3.63) is 36.3 Å². The highest BCUT2D eigenvalue weighted by Gasteiger charge is 2.15. The summed E-state index contributed by atoms with van der Waals surface area (Å²) in [7, 11) is 0. The average Bonchev–Trinajstić information content (AvgIpc) is 3.03. The maximum Gasteiger partial charge on any atom is 0.314 e. The first-order valence-corrected chi connectivity index (χ1v) is 9.05. The van der Waals surface area contributed by atoms with Crippen molar-refractivity contribution in [1.29, 1.82) is 0 Å². The molecule has 0 aliphatic carbocycles. The molecule has 2 aromatic heterocycles. The number of aliphatic hydroxyl groups is 1. The molecule has 1 aliphatic rings. The zero-order chi connectivity index (χ0) is 17.5. The number of likely N-dealkylation sites (tertiary alicyclic amines) is 1. The van der Waals surface area contributed by atoms with Gasteiger partial charge >= 0.3 is 6.03 Å². The van der Waals surface area contributed by atoms with Crippen LogP contribution in [-0.4, -0.2) is 64.2 Å². The summed E-state index contributed by atoms with van der Waals surface area (Å²) in [5.41, 5.74) is 1.85. The quantitative estimate of drug-likeness (QED) is 0.700. The lowest BCUT2D eigenvalue weighted by Gasteiger charge is -2.28. The van der Waals surface area contributed by atoms with E-state index < -0.39 is 6.10 Å². The fourth-order valence-electron chi connectivity index (χ4n) is 3.19. The van der Waals surface area contributed by atoms with Crippen LogP contribution in [0.1, 0.15) is 25.0 Å². The van der Waals surface area contributed by atoms with Crippen LogP contribution >= 0.6 is 0 Å². The first kappa shape index (κ1) is 17.7. The summed E-state index contributed by atoms with van der Waals surface area (Å²) in [6.07, 6.45) is 7.74. The molecule has 0 aromatic carbocycles. The van der Waals surface area contributed by atoms with Gasteiger partial charge in [-0.2, -0.15) is 0 Å². The summed E-state index contributed by atoms with van der Waals surface area (Å²) >= 11 is 0. The van der Waals surface area contributed by atoms with Crippen LogP contribution in [0.2, 0.25) is 0 Å². The molecule has 0 saturated carbocycles. The summed E-state index contributed by atoms with van der Waals surface area (Å²) < 4.78 is 1.96. The number of amides is 2. The molecule has 0 radical (unpaired) electrons. The number of pyridine rings is 1. The Kier molecular flexibility index (Phi) is 6.25. The average molecular weight is 345 g/mol. The third-order valence-corrected chi connectivity index (χ3v) is 4.50. The fraction of sp³-hybridized carbons (Fsp3) is 0.556. The van der Waals surface area contributed by atoms with Gasteiger partial charge in [0.1, 0.15) is 5.65 Å². The lowest BCUT2D eigenvalue weighted by molar-refractivity contribution is 0.101. The van der Waals surface area contributed by atoms with Gasteiger partial charge < -0.3 is 25.0 Å². The van der Waals surface area contributed by atoms with Gasteiger partial charge in [-0.15, -0.1) is 0 Å². The highest BCUT2D eigenvalue weighted by molar-refractivity contribution is 5.73. The summed E-state index contributed by atoms with van der Waals surface area (Å²) in [5.74, 6) is 0. The van der Waals surface area contributed by atoms with Crippen molar-refractivity contribution in [2.24, 2.45) is 0 Å². The van der Waals surface area contributed by atoms with Gasteiger partial charge in [0.25, 0.3) is 0 Å². The number of fused-ring (bicyclic) bond motifs is 1. The van der Waals surface area contributed by atoms with Crippen LogP contribution in [0.5, 0.6) is 0 Å². The minimum absolute atomic E-state index is 0.249. The number of rotatable bonds is 7. The number of hydrogen-bond acceptors (Lipinski definition) is 4. The number of carbonyl (C=O) groups excluding carboxylic acids is 1. The van der Waals surface area contributed by atoms with E-state index in [2.05, 4.69) is 20.5 Å². The molecule has 3 N–H and O–H groups in total. The molecule has 3 rings (SSSR count). The second-order valence-electron chi connectivity index (χ2n) is 6.60. The Morgan fingerprint density at radius 2 is 2.08 bits per heavy atom. The van der Waals surface area contributed by atoms with E-state index in [-0.39, 0.29) is 12.6 Å². The Morgan fingerprint density at radius 3 is 2.88 bits per heavy atom. The first-order valence-electron chi connectivity index (χ1n) is 9.05. The van der Waals surface area contributed by atoms with Crippen LogP contribution in [0.3, 0.4) is 0 Å². The molecule has 1 atom stereocenters. The largest absolute Gasteiger partial charge is 0.390 e. The van der Waals surface area contributed by atoms with Crippen molar-refractivity contribution < 1.29 is 9.90 Å². The molecular formula is C18H27N5O2. The van der Waals surface area contributed by atoms with Crippen LogP contribution in [0.4, 0.5) is 4.79 Å². The van der Waals surface area contributed by atoms with E-state index in [0.717, 1.165) is 24.4 Å². The Balaban J connectivity index is 1.32. The summed E-state index contributed by atoms with van der Waals surface area (Å²) in [6.45, 7) is 3.50. The number of carbonyl (C=O) groups is 1. The number of urea groups is 1. The third-order valence-electron chi connectivity index (χ3n) is 4.50. The topological polar surface area (TPSA) is 81.9 Å². The van der Waals surface area contributed by atoms with Crippen molar-refractivity contribution in [2.75, 3.05) is 32.7 Å². The van der Waals surface area contributed by atoms with E-state index in [1.807, 2.05) is 35.0 Å². The van der Waals surface area contributed by atoms with Crippen LogP contribution < -0.4 is 10.6 Å². The molecule has 7 nitrogen and oxygen atoms in total. The minimum Gasteiger partial charge on any atom is -0.390 e. The highest BCUT2D eigenvalue weighted by Crippen LogP contribution is 2.08. The molecule has 0 bridgehead atoms. The zero-order valence-corrected chi connectivity index (χ0v) is 14.5. The molecule has 2 amide bonds. The number of hydrogen-bond donors (Lipinski definition) is 3. The maximum absolute atomic E-state index is 11.8. The molecule has 25 heavy (non-hydrogen) atoms. The predicted molar refractivity (Wildman–Crippen MR) is 96.6 cm³/mol. The molecule has 2 aromatic rings. The van der Waals surface area contributed by atoms with Crippen molar-refractivity contribution in [3.63, 3.8) is 0 Å². The van der Waals surface area contributed by atoms with Crippen LogP contribution in [0.15, 0.2) is 30.6 Å². The monoisotopic (exact) mass is 345 g/mol. The van der Waals surface area contributed by atoms with Gasteiger partial charge in [-0.3, -0.25) is 0 Å². The second-order valence-corrected chi connectivity index (χ2v) is 6.60. The first-order chi connectivity index (χ1) is 12.2. The lowest BCUT2D eigenvalue weighted by atomic mass is 10.1. The number of nitrogens with one attached hydrogen (secondary N) is 2. The molecule has 1 aliphatic heterocycles. The second kappa shape index (κ2) is 8.82. The Morgan fingerprint density at radius 1 is 1.24 bits per heavy atom. The Labute approximate surface area is 148 Å². The highest BCUT2D eigenvalue weighted by atomic mass is 16.3. The Bertz CT molecular complexity index is 648. The van der Waals surface area contributed by atoms with E-state index >= 15 is 0 Å². The summed E-state index contributed by atoms with van der Waals surface area (Å²) in [4.78, 5) is 18.6. The van der Waals surface area contributed by atoms with E-state index in [9.17, 15) is 9.90 Å². The molecule has 3 heterocycles. The van der Waals surface area contributed by atoms with Gasteiger partial charge in [0, 0.05) is 38.4 Å². The number of β-amino-alcohol motifs (C(OH)–C–C–N with tert-alkyl or cyclic N) is 1. The van der Waals surface area contributed by atoms with E-state index in [1.165, 1.54) is 19.3 Å².